The van der Waals surface area contributed by atoms with Crippen LogP contribution < -0.4 is 15.2 Å². The van der Waals surface area contributed by atoms with Crippen molar-refractivity contribution in [2.75, 3.05) is 37.7 Å². The number of nitrogens with zero attached hydrogens (tertiary/aromatic N) is 5. The van der Waals surface area contributed by atoms with Crippen LogP contribution in [-0.2, 0) is 4.79 Å². The highest BCUT2D eigenvalue weighted by Crippen LogP contribution is 2.25. The van der Waals surface area contributed by atoms with Crippen LogP contribution in [0.15, 0.2) is 59.4 Å². The predicted molar refractivity (Wildman–Crippen MR) is 133 cm³/mol. The molecule has 34 heavy (non-hydrogen) atoms. The molecule has 9 heteroatoms. The van der Waals surface area contributed by atoms with Crippen LogP contribution in [0.5, 0.6) is 5.75 Å². The van der Waals surface area contributed by atoms with Gasteiger partial charge >= 0.3 is 0 Å². The Morgan fingerprint density at radius 1 is 1.03 bits per heavy atom. The van der Waals surface area contributed by atoms with Crippen LogP contribution in [0.25, 0.3) is 15.5 Å². The molecule has 1 aliphatic heterocycles. The number of ether oxygens (including phenoxy) is 1. The van der Waals surface area contributed by atoms with E-state index in [1.165, 1.54) is 21.9 Å². The molecular formula is C25H25N5O3S. The average molecular weight is 476 g/mol. The number of hydrogen-bond acceptors (Lipinski definition) is 7. The van der Waals surface area contributed by atoms with Gasteiger partial charge in [0, 0.05) is 37.8 Å². The summed E-state index contributed by atoms with van der Waals surface area (Å²) in [4.78, 5) is 34.5. The quantitative estimate of drug-likeness (QED) is 0.441. The highest BCUT2D eigenvalue weighted by atomic mass is 32.1. The predicted octanol–water partition coefficient (Wildman–Crippen LogP) is 3.16. The first kappa shape index (κ1) is 22.1. The fourth-order valence-electron chi connectivity index (χ4n) is 3.95. The fourth-order valence-corrected chi connectivity index (χ4v) is 4.86. The van der Waals surface area contributed by atoms with E-state index in [0.29, 0.717) is 37.0 Å². The number of aryl methyl sites for hydroxylation is 1. The summed E-state index contributed by atoms with van der Waals surface area (Å²) in [5, 5.41) is 5.19. The monoisotopic (exact) mass is 475 g/mol. The molecule has 5 rings (SSSR count). The zero-order chi connectivity index (χ0) is 23.7. The third-order valence-electron chi connectivity index (χ3n) is 6.11. The minimum Gasteiger partial charge on any atom is -0.483 e. The molecule has 0 N–H and O–H groups in total. The van der Waals surface area contributed by atoms with Crippen molar-refractivity contribution in [1.29, 1.82) is 0 Å². The van der Waals surface area contributed by atoms with Gasteiger partial charge in [-0.1, -0.05) is 53.8 Å². The maximum Gasteiger partial charge on any atom is 0.277 e. The van der Waals surface area contributed by atoms with Crippen LogP contribution >= 0.6 is 11.3 Å². The Balaban J connectivity index is 1.24. The van der Waals surface area contributed by atoms with E-state index in [9.17, 15) is 9.59 Å². The summed E-state index contributed by atoms with van der Waals surface area (Å²) in [5.41, 5.74) is 2.93. The van der Waals surface area contributed by atoms with Gasteiger partial charge in [-0.3, -0.25) is 9.59 Å². The molecule has 174 valence electrons. The zero-order valence-electron chi connectivity index (χ0n) is 19.1. The lowest BCUT2D eigenvalue weighted by molar-refractivity contribution is -0.133. The Kier molecular flexibility index (Phi) is 6.02. The summed E-state index contributed by atoms with van der Waals surface area (Å²) in [5.74, 6) is 1.32. The van der Waals surface area contributed by atoms with E-state index < -0.39 is 0 Å². The highest BCUT2D eigenvalue weighted by molar-refractivity contribution is 7.19. The van der Waals surface area contributed by atoms with Crippen molar-refractivity contribution in [1.82, 2.24) is 19.5 Å². The van der Waals surface area contributed by atoms with Gasteiger partial charge in [0.15, 0.2) is 6.61 Å². The van der Waals surface area contributed by atoms with E-state index in [2.05, 4.69) is 10.1 Å². The Hall–Kier alpha value is -3.72. The number of benzene rings is 2. The van der Waals surface area contributed by atoms with Gasteiger partial charge in [-0.2, -0.15) is 9.61 Å². The van der Waals surface area contributed by atoms with Gasteiger partial charge in [0.25, 0.3) is 11.5 Å². The van der Waals surface area contributed by atoms with Gasteiger partial charge < -0.3 is 14.5 Å². The van der Waals surface area contributed by atoms with Crippen LogP contribution in [0.2, 0.25) is 0 Å². The maximum absolute atomic E-state index is 12.7. The number of amides is 1. The van der Waals surface area contributed by atoms with Gasteiger partial charge in [-0.25, -0.2) is 4.98 Å². The molecule has 1 saturated heterocycles. The second kappa shape index (κ2) is 9.26. The normalized spacial score (nSPS) is 13.9. The number of fused-ring (bicyclic) bond motifs is 1. The number of carbonyl (C=O) groups is 1. The lowest BCUT2D eigenvalue weighted by Gasteiger charge is -2.35. The summed E-state index contributed by atoms with van der Waals surface area (Å²) < 4.78 is 7.13. The largest absolute Gasteiger partial charge is 0.483 e. The Bertz CT molecular complexity index is 1390. The van der Waals surface area contributed by atoms with E-state index in [1.54, 1.807) is 4.90 Å². The third kappa shape index (κ3) is 4.38. The molecule has 2 aromatic heterocycles. The molecule has 3 heterocycles. The number of aromatic nitrogens is 3. The summed E-state index contributed by atoms with van der Waals surface area (Å²) in [6, 6.07) is 17.1. The standard InChI is InChI=1S/C25H25N5O3S/c1-17-7-6-10-20(18(17)2)33-16-23(32)29-13-11-28(12-14-29)21-15-22(31)30-25(26-21)34-24(27-30)19-8-4-3-5-9-19/h3-10,15H,11-14,16H2,1-2H3. The number of hydrogen-bond donors (Lipinski definition) is 0. The molecule has 0 radical (unpaired) electrons. The summed E-state index contributed by atoms with van der Waals surface area (Å²) in [6.45, 7) is 6.33. The summed E-state index contributed by atoms with van der Waals surface area (Å²) in [7, 11) is 0. The molecule has 0 bridgehead atoms. The van der Waals surface area contributed by atoms with Crippen LogP contribution in [0.3, 0.4) is 0 Å². The minimum atomic E-state index is -0.209. The second-order valence-corrected chi connectivity index (χ2v) is 9.23. The van der Waals surface area contributed by atoms with Gasteiger partial charge in [0.1, 0.15) is 16.6 Å². The number of anilines is 1. The Morgan fingerprint density at radius 3 is 2.56 bits per heavy atom. The first-order valence-corrected chi connectivity index (χ1v) is 12.0. The molecule has 1 amide bonds. The fraction of sp³-hybridized carbons (Fsp3) is 0.280. The molecule has 8 nitrogen and oxygen atoms in total. The van der Waals surface area contributed by atoms with Crippen LogP contribution in [0, 0.1) is 13.8 Å². The van der Waals surface area contributed by atoms with Crippen LogP contribution in [-0.4, -0.2) is 58.2 Å². The molecule has 0 spiro atoms. The van der Waals surface area contributed by atoms with Crippen LogP contribution in [0.1, 0.15) is 11.1 Å². The smallest absolute Gasteiger partial charge is 0.277 e. The van der Waals surface area contributed by atoms with Crippen molar-refractivity contribution >= 4 is 28.0 Å². The minimum absolute atomic E-state index is 0.0129. The van der Waals surface area contributed by atoms with Gasteiger partial charge in [-0.15, -0.1) is 0 Å². The SMILES string of the molecule is Cc1cccc(OCC(=O)N2CCN(c3cc(=O)n4nc(-c5ccccc5)sc4n3)CC2)c1C. The van der Waals surface area contributed by atoms with Crippen molar-refractivity contribution < 1.29 is 9.53 Å². The molecular weight excluding hydrogens is 450 g/mol. The van der Waals surface area contributed by atoms with E-state index in [1.807, 2.05) is 67.3 Å². The highest BCUT2D eigenvalue weighted by Gasteiger charge is 2.23. The van der Waals surface area contributed by atoms with E-state index in [0.717, 1.165) is 27.4 Å². The van der Waals surface area contributed by atoms with E-state index in [4.69, 9.17) is 4.74 Å². The van der Waals surface area contributed by atoms with Crippen molar-refractivity contribution in [3.8, 4) is 16.3 Å². The van der Waals surface area contributed by atoms with Crippen molar-refractivity contribution in [3.05, 3.63) is 76.1 Å². The molecule has 0 saturated carbocycles. The van der Waals surface area contributed by atoms with Crippen molar-refractivity contribution in [2.45, 2.75) is 13.8 Å². The lowest BCUT2D eigenvalue weighted by atomic mass is 10.1. The molecule has 2 aromatic carbocycles. The van der Waals surface area contributed by atoms with Gasteiger partial charge in [-0.05, 0) is 31.0 Å². The number of carbonyl (C=O) groups excluding carboxylic acids is 1. The van der Waals surface area contributed by atoms with E-state index >= 15 is 0 Å². The second-order valence-electron chi connectivity index (χ2n) is 8.27. The number of piperazine rings is 1. The molecule has 0 atom stereocenters. The zero-order valence-corrected chi connectivity index (χ0v) is 19.9. The first-order valence-electron chi connectivity index (χ1n) is 11.2. The molecule has 1 aliphatic rings. The van der Waals surface area contributed by atoms with Crippen LogP contribution in [0.4, 0.5) is 5.82 Å². The van der Waals surface area contributed by atoms with E-state index in [-0.39, 0.29) is 18.1 Å². The Labute approximate surface area is 201 Å². The Morgan fingerprint density at radius 2 is 1.79 bits per heavy atom. The lowest BCUT2D eigenvalue weighted by Crippen LogP contribution is -2.50. The molecule has 0 aliphatic carbocycles. The van der Waals surface area contributed by atoms with Crippen molar-refractivity contribution in [2.24, 2.45) is 0 Å². The molecule has 0 unspecified atom stereocenters. The summed E-state index contributed by atoms with van der Waals surface area (Å²) in [6.07, 6.45) is 0. The third-order valence-corrected chi connectivity index (χ3v) is 7.07. The van der Waals surface area contributed by atoms with Gasteiger partial charge in [0.2, 0.25) is 4.96 Å². The molecule has 4 aromatic rings. The average Bonchev–Trinajstić information content (AvgIpc) is 3.30. The topological polar surface area (TPSA) is 80.0 Å². The molecule has 1 fully saturated rings. The maximum atomic E-state index is 12.7. The number of rotatable bonds is 5. The van der Waals surface area contributed by atoms with Crippen molar-refractivity contribution in [3.63, 3.8) is 0 Å². The summed E-state index contributed by atoms with van der Waals surface area (Å²) >= 11 is 1.39. The first-order chi connectivity index (χ1) is 16.5. The van der Waals surface area contributed by atoms with Gasteiger partial charge in [0.05, 0.1) is 0 Å².